The van der Waals surface area contributed by atoms with E-state index in [1.54, 1.807) is 42.6 Å². The van der Waals surface area contributed by atoms with Crippen LogP contribution < -0.4 is 10.2 Å². The second-order valence-corrected chi connectivity index (χ2v) is 10.3. The molecule has 1 amide bonds. The number of carbonyl (C=O) groups is 2. The summed E-state index contributed by atoms with van der Waals surface area (Å²) in [7, 11) is 0. The number of hydrogen-bond acceptors (Lipinski definition) is 4. The molecule has 0 aromatic heterocycles. The summed E-state index contributed by atoms with van der Waals surface area (Å²) in [6.07, 6.45) is 21.8. The van der Waals surface area contributed by atoms with Gasteiger partial charge < -0.3 is 4.74 Å². The standard InChI is InChI=1S/C33H48N2O3/c1-3-4-5-6-7-8-9-10-11-12-13-14-15-16-17-21-32(36)35-34-27-29-22-24-31(25-23-29)38-33(37)30-20-18-19-28(2)26-30/h18-20,22-27H,3-17,21H2,1-2H3,(H,35,36)/b34-27-. The number of ether oxygens (including phenoxy) is 1. The molecule has 0 fully saturated rings. The molecule has 5 heteroatoms. The Balaban J connectivity index is 1.46. The number of rotatable bonds is 20. The molecule has 0 spiro atoms. The Kier molecular flexibility index (Phi) is 16.5. The summed E-state index contributed by atoms with van der Waals surface area (Å²) in [6, 6.07) is 14.3. The van der Waals surface area contributed by atoms with Crippen molar-refractivity contribution < 1.29 is 14.3 Å². The molecule has 0 unspecified atom stereocenters. The SMILES string of the molecule is CCCCCCCCCCCCCCCCCC(=O)N/N=C\c1ccc(OC(=O)c2cccc(C)c2)cc1. The van der Waals surface area contributed by atoms with Crippen LogP contribution >= 0.6 is 0 Å². The molecule has 0 heterocycles. The Morgan fingerprint density at radius 3 is 1.87 bits per heavy atom. The monoisotopic (exact) mass is 520 g/mol. The fraction of sp³-hybridized carbons (Fsp3) is 0.545. The van der Waals surface area contributed by atoms with E-state index >= 15 is 0 Å². The number of hydrazone groups is 1. The van der Waals surface area contributed by atoms with E-state index in [9.17, 15) is 9.59 Å². The quantitative estimate of drug-likeness (QED) is 0.0623. The number of unbranched alkanes of at least 4 members (excludes halogenated alkanes) is 14. The van der Waals surface area contributed by atoms with Crippen molar-refractivity contribution in [2.24, 2.45) is 5.10 Å². The van der Waals surface area contributed by atoms with Crippen LogP contribution in [0.1, 0.15) is 131 Å². The Hall–Kier alpha value is -2.95. The maximum Gasteiger partial charge on any atom is 0.343 e. The van der Waals surface area contributed by atoms with Crippen molar-refractivity contribution in [1.29, 1.82) is 0 Å². The van der Waals surface area contributed by atoms with Crippen LogP contribution in [-0.2, 0) is 4.79 Å². The first-order valence-corrected chi connectivity index (χ1v) is 14.8. The minimum atomic E-state index is -0.388. The third-order valence-electron chi connectivity index (χ3n) is 6.75. The molecule has 0 aliphatic carbocycles. The minimum Gasteiger partial charge on any atom is -0.423 e. The molecule has 0 saturated carbocycles. The summed E-state index contributed by atoms with van der Waals surface area (Å²) in [4.78, 5) is 24.3. The maximum absolute atomic E-state index is 12.3. The highest BCUT2D eigenvalue weighted by atomic mass is 16.5. The van der Waals surface area contributed by atoms with Crippen molar-refractivity contribution in [3.05, 3.63) is 65.2 Å². The van der Waals surface area contributed by atoms with Gasteiger partial charge in [0.05, 0.1) is 11.8 Å². The molecule has 208 valence electrons. The van der Waals surface area contributed by atoms with Crippen molar-refractivity contribution in [2.75, 3.05) is 0 Å². The van der Waals surface area contributed by atoms with Gasteiger partial charge in [0, 0.05) is 6.42 Å². The lowest BCUT2D eigenvalue weighted by atomic mass is 10.0. The summed E-state index contributed by atoms with van der Waals surface area (Å²) in [6.45, 7) is 4.21. The molecule has 0 aliphatic rings. The molecule has 0 saturated heterocycles. The first-order chi connectivity index (χ1) is 18.6. The van der Waals surface area contributed by atoms with E-state index in [2.05, 4.69) is 17.5 Å². The van der Waals surface area contributed by atoms with E-state index < -0.39 is 0 Å². The Labute approximate surface area is 230 Å². The molecule has 0 aliphatic heterocycles. The highest BCUT2D eigenvalue weighted by Gasteiger charge is 2.08. The van der Waals surface area contributed by atoms with Crippen LogP contribution in [0.5, 0.6) is 5.75 Å². The van der Waals surface area contributed by atoms with Crippen LogP contribution in [0.2, 0.25) is 0 Å². The highest BCUT2D eigenvalue weighted by Crippen LogP contribution is 2.15. The summed E-state index contributed by atoms with van der Waals surface area (Å²) in [5.74, 6) is 0.0201. The van der Waals surface area contributed by atoms with E-state index in [0.717, 1.165) is 24.0 Å². The fourth-order valence-electron chi connectivity index (χ4n) is 4.45. The number of amides is 1. The van der Waals surface area contributed by atoms with Gasteiger partial charge in [-0.3, -0.25) is 4.79 Å². The maximum atomic E-state index is 12.3. The molecular formula is C33H48N2O3. The molecule has 0 bridgehead atoms. The molecule has 5 nitrogen and oxygen atoms in total. The van der Waals surface area contributed by atoms with Gasteiger partial charge >= 0.3 is 5.97 Å². The number of nitrogens with zero attached hydrogens (tertiary/aromatic N) is 1. The van der Waals surface area contributed by atoms with E-state index in [-0.39, 0.29) is 11.9 Å². The summed E-state index contributed by atoms with van der Waals surface area (Å²) in [5.41, 5.74) is 4.94. The van der Waals surface area contributed by atoms with Crippen LogP contribution in [0.25, 0.3) is 0 Å². The van der Waals surface area contributed by atoms with E-state index in [0.29, 0.717) is 17.7 Å². The van der Waals surface area contributed by atoms with Crippen molar-refractivity contribution in [3.8, 4) is 5.75 Å². The second kappa shape index (κ2) is 20.1. The summed E-state index contributed by atoms with van der Waals surface area (Å²) >= 11 is 0. The van der Waals surface area contributed by atoms with Gasteiger partial charge in [0.2, 0.25) is 5.91 Å². The Morgan fingerprint density at radius 1 is 0.763 bits per heavy atom. The highest BCUT2D eigenvalue weighted by molar-refractivity contribution is 5.91. The first-order valence-electron chi connectivity index (χ1n) is 14.8. The van der Waals surface area contributed by atoms with Gasteiger partial charge in [0.15, 0.2) is 0 Å². The zero-order valence-corrected chi connectivity index (χ0v) is 23.7. The van der Waals surface area contributed by atoms with Gasteiger partial charge in [-0.1, -0.05) is 115 Å². The molecule has 1 N–H and O–H groups in total. The third kappa shape index (κ3) is 14.7. The average Bonchev–Trinajstić information content (AvgIpc) is 2.92. The van der Waals surface area contributed by atoms with Crippen LogP contribution in [-0.4, -0.2) is 18.1 Å². The lowest BCUT2D eigenvalue weighted by molar-refractivity contribution is -0.121. The molecule has 2 aromatic carbocycles. The lowest BCUT2D eigenvalue weighted by Gasteiger charge is -2.05. The van der Waals surface area contributed by atoms with Gasteiger partial charge in [-0.15, -0.1) is 0 Å². The third-order valence-corrected chi connectivity index (χ3v) is 6.75. The molecule has 2 rings (SSSR count). The van der Waals surface area contributed by atoms with Crippen molar-refractivity contribution in [2.45, 2.75) is 117 Å². The Morgan fingerprint density at radius 2 is 1.32 bits per heavy atom. The summed E-state index contributed by atoms with van der Waals surface area (Å²) in [5, 5.41) is 4.05. The van der Waals surface area contributed by atoms with E-state index in [4.69, 9.17) is 4.74 Å². The average molecular weight is 521 g/mol. The van der Waals surface area contributed by atoms with Crippen LogP contribution in [0.4, 0.5) is 0 Å². The smallest absolute Gasteiger partial charge is 0.343 e. The Bertz CT molecular complexity index is 953. The number of esters is 1. The summed E-state index contributed by atoms with van der Waals surface area (Å²) < 4.78 is 5.42. The van der Waals surface area contributed by atoms with Crippen LogP contribution in [0.15, 0.2) is 53.6 Å². The zero-order valence-electron chi connectivity index (χ0n) is 23.7. The molecule has 38 heavy (non-hydrogen) atoms. The van der Waals surface area contributed by atoms with Gasteiger partial charge in [-0.25, -0.2) is 10.2 Å². The van der Waals surface area contributed by atoms with Gasteiger partial charge in [-0.2, -0.15) is 5.10 Å². The van der Waals surface area contributed by atoms with Crippen molar-refractivity contribution in [3.63, 3.8) is 0 Å². The number of benzene rings is 2. The molecule has 0 radical (unpaired) electrons. The molecule has 0 atom stereocenters. The fourth-order valence-corrected chi connectivity index (χ4v) is 4.45. The topological polar surface area (TPSA) is 67.8 Å². The van der Waals surface area contributed by atoms with Crippen molar-refractivity contribution >= 4 is 18.1 Å². The largest absolute Gasteiger partial charge is 0.423 e. The van der Waals surface area contributed by atoms with Gasteiger partial charge in [0.25, 0.3) is 0 Å². The molecular weight excluding hydrogens is 472 g/mol. The van der Waals surface area contributed by atoms with Gasteiger partial charge in [-0.05, 0) is 55.3 Å². The molecule has 2 aromatic rings. The number of nitrogens with one attached hydrogen (secondary N) is 1. The second-order valence-electron chi connectivity index (χ2n) is 10.3. The van der Waals surface area contributed by atoms with Crippen LogP contribution in [0, 0.1) is 6.92 Å². The number of aryl methyl sites for hydroxylation is 1. The van der Waals surface area contributed by atoms with E-state index in [1.165, 1.54) is 83.5 Å². The number of carbonyl (C=O) groups excluding carboxylic acids is 2. The first kappa shape index (κ1) is 31.3. The van der Waals surface area contributed by atoms with Crippen LogP contribution in [0.3, 0.4) is 0 Å². The van der Waals surface area contributed by atoms with E-state index in [1.807, 2.05) is 19.1 Å². The zero-order chi connectivity index (χ0) is 27.3. The predicted molar refractivity (Wildman–Crippen MR) is 158 cm³/mol. The lowest BCUT2D eigenvalue weighted by Crippen LogP contribution is -2.16. The number of hydrogen-bond donors (Lipinski definition) is 1. The predicted octanol–water partition coefficient (Wildman–Crippen LogP) is 8.93. The van der Waals surface area contributed by atoms with Crippen molar-refractivity contribution in [1.82, 2.24) is 5.43 Å². The minimum absolute atomic E-state index is 0.0559. The van der Waals surface area contributed by atoms with Gasteiger partial charge in [0.1, 0.15) is 5.75 Å². The normalized spacial score (nSPS) is 11.1.